The monoisotopic (exact) mass is 489 g/mol. The molecular weight excluding hydrogens is 468 g/mol. The lowest BCUT2D eigenvalue weighted by Gasteiger charge is -2.28. The number of nitrogens with two attached hydrogens (primary N) is 1. The number of halogens is 2. The number of hydrogen-bond donors (Lipinski definition) is 1. The highest BCUT2D eigenvalue weighted by atomic mass is 19.1. The SMILES string of the molecule is C=CC(=O)N1CCC(n2cc(C#Cc3c(F)cc4oc(N5CCC5)nc4c3F)c3c(N)ncnc32)C1. The van der Waals surface area contributed by atoms with E-state index in [2.05, 4.69) is 33.4 Å². The lowest BCUT2D eigenvalue weighted by Crippen LogP contribution is -2.37. The maximum Gasteiger partial charge on any atom is 0.298 e. The van der Waals surface area contributed by atoms with Crippen molar-refractivity contribution in [1.82, 2.24) is 24.4 Å². The molecule has 0 spiro atoms. The van der Waals surface area contributed by atoms with Crippen LogP contribution in [0.15, 0.2) is 35.7 Å². The van der Waals surface area contributed by atoms with E-state index in [9.17, 15) is 9.18 Å². The smallest absolute Gasteiger partial charge is 0.298 e. The summed E-state index contributed by atoms with van der Waals surface area (Å²) in [6.45, 7) is 6.11. The van der Waals surface area contributed by atoms with Crippen molar-refractivity contribution in [1.29, 1.82) is 0 Å². The van der Waals surface area contributed by atoms with Gasteiger partial charge >= 0.3 is 0 Å². The zero-order valence-corrected chi connectivity index (χ0v) is 19.2. The first-order chi connectivity index (χ1) is 17.4. The molecular formula is C25H21F2N7O2. The van der Waals surface area contributed by atoms with Crippen LogP contribution in [0.3, 0.4) is 0 Å². The Labute approximate surface area is 204 Å². The Morgan fingerprint density at radius 3 is 2.83 bits per heavy atom. The molecule has 0 saturated carbocycles. The predicted molar refractivity (Wildman–Crippen MR) is 129 cm³/mol. The fourth-order valence-electron chi connectivity index (χ4n) is 4.65. The van der Waals surface area contributed by atoms with Gasteiger partial charge in [0.25, 0.3) is 6.01 Å². The van der Waals surface area contributed by atoms with Gasteiger partial charge in [0, 0.05) is 38.4 Å². The Bertz CT molecular complexity index is 1610. The van der Waals surface area contributed by atoms with Gasteiger partial charge in [-0.3, -0.25) is 4.79 Å². The highest BCUT2D eigenvalue weighted by Crippen LogP contribution is 2.32. The van der Waals surface area contributed by atoms with E-state index in [-0.39, 0.29) is 34.9 Å². The van der Waals surface area contributed by atoms with Gasteiger partial charge in [-0.15, -0.1) is 0 Å². The van der Waals surface area contributed by atoms with Gasteiger partial charge in [0.2, 0.25) is 5.91 Å². The quantitative estimate of drug-likeness (QED) is 0.348. The molecule has 1 aromatic carbocycles. The average Bonchev–Trinajstić information content (AvgIpc) is 3.55. The Morgan fingerprint density at radius 2 is 2.08 bits per heavy atom. The number of oxazole rings is 1. The summed E-state index contributed by atoms with van der Waals surface area (Å²) in [7, 11) is 0. The summed E-state index contributed by atoms with van der Waals surface area (Å²) in [6, 6.07) is 1.30. The van der Waals surface area contributed by atoms with Crippen molar-refractivity contribution in [2.75, 3.05) is 36.8 Å². The van der Waals surface area contributed by atoms with Crippen LogP contribution in [0.4, 0.5) is 20.6 Å². The first kappa shape index (κ1) is 22.0. The molecule has 1 atom stereocenters. The molecule has 0 bridgehead atoms. The van der Waals surface area contributed by atoms with Gasteiger partial charge in [0.15, 0.2) is 11.4 Å². The van der Waals surface area contributed by atoms with Gasteiger partial charge in [-0.25, -0.2) is 18.7 Å². The highest BCUT2D eigenvalue weighted by molar-refractivity contribution is 5.93. The summed E-state index contributed by atoms with van der Waals surface area (Å²) in [5.74, 6) is 3.81. The normalized spacial score (nSPS) is 17.3. The van der Waals surface area contributed by atoms with Crippen LogP contribution in [0.2, 0.25) is 0 Å². The fourth-order valence-corrected chi connectivity index (χ4v) is 4.65. The van der Waals surface area contributed by atoms with Crippen LogP contribution in [-0.2, 0) is 4.79 Å². The van der Waals surface area contributed by atoms with Crippen molar-refractivity contribution in [3.05, 3.63) is 54.0 Å². The van der Waals surface area contributed by atoms with Gasteiger partial charge in [-0.2, -0.15) is 4.98 Å². The minimum absolute atomic E-state index is 0.0338. The molecule has 182 valence electrons. The average molecular weight is 489 g/mol. The number of likely N-dealkylation sites (tertiary alicyclic amines) is 1. The molecule has 9 nitrogen and oxygen atoms in total. The number of benzene rings is 1. The number of anilines is 2. The minimum atomic E-state index is -0.879. The van der Waals surface area contributed by atoms with Crippen LogP contribution in [0.1, 0.15) is 30.0 Å². The van der Waals surface area contributed by atoms with Crippen molar-refractivity contribution in [3.8, 4) is 11.8 Å². The van der Waals surface area contributed by atoms with Gasteiger partial charge in [0.05, 0.1) is 22.6 Å². The molecule has 3 aromatic heterocycles. The molecule has 2 saturated heterocycles. The molecule has 2 fully saturated rings. The molecule has 5 heterocycles. The lowest BCUT2D eigenvalue weighted by atomic mass is 10.1. The summed E-state index contributed by atoms with van der Waals surface area (Å²) >= 11 is 0. The number of aromatic nitrogens is 4. The zero-order chi connectivity index (χ0) is 25.0. The van der Waals surface area contributed by atoms with Crippen LogP contribution >= 0.6 is 0 Å². The lowest BCUT2D eigenvalue weighted by molar-refractivity contribution is -0.125. The second-order valence-corrected chi connectivity index (χ2v) is 8.82. The Balaban J connectivity index is 1.41. The maximum atomic E-state index is 15.2. The van der Waals surface area contributed by atoms with Crippen molar-refractivity contribution in [3.63, 3.8) is 0 Å². The molecule has 11 heteroatoms. The molecule has 2 aliphatic heterocycles. The molecule has 1 amide bonds. The van der Waals surface area contributed by atoms with Crippen LogP contribution in [0, 0.1) is 23.5 Å². The topological polar surface area (TPSA) is 106 Å². The molecule has 2 aliphatic rings. The second kappa shape index (κ2) is 8.34. The van der Waals surface area contributed by atoms with E-state index in [1.54, 1.807) is 11.1 Å². The van der Waals surface area contributed by atoms with Gasteiger partial charge in [-0.05, 0) is 18.9 Å². The van der Waals surface area contributed by atoms with E-state index in [0.717, 1.165) is 25.6 Å². The van der Waals surface area contributed by atoms with Crippen molar-refractivity contribution in [2.45, 2.75) is 18.9 Å². The number of carbonyl (C=O) groups is 1. The predicted octanol–water partition coefficient (Wildman–Crippen LogP) is 3.00. The molecule has 4 aromatic rings. The summed E-state index contributed by atoms with van der Waals surface area (Å²) < 4.78 is 37.5. The van der Waals surface area contributed by atoms with Crippen LogP contribution in [0.25, 0.3) is 22.1 Å². The third-order valence-electron chi connectivity index (χ3n) is 6.70. The van der Waals surface area contributed by atoms with Crippen molar-refractivity contribution < 1.29 is 18.0 Å². The molecule has 2 N–H and O–H groups in total. The molecule has 6 rings (SSSR count). The number of amides is 1. The zero-order valence-electron chi connectivity index (χ0n) is 19.2. The summed E-state index contributed by atoms with van der Waals surface area (Å²) in [5, 5.41) is 0.488. The van der Waals surface area contributed by atoms with Crippen LogP contribution in [0.5, 0.6) is 0 Å². The highest BCUT2D eigenvalue weighted by Gasteiger charge is 2.28. The van der Waals surface area contributed by atoms with Crippen molar-refractivity contribution in [2.24, 2.45) is 0 Å². The molecule has 36 heavy (non-hydrogen) atoms. The Kier molecular flexibility index (Phi) is 5.10. The standard InChI is InChI=1S/C25H21F2N7O2/c1-2-19(35)33-9-6-15(12-33)34-11-14(20-23(28)29-13-30-24(20)34)4-5-16-17(26)10-18-22(21(16)27)31-25(36-18)32-7-3-8-32/h2,10-11,13,15H,1,3,6-9,12H2,(H2,28,29,30). The van der Waals surface area contributed by atoms with Crippen LogP contribution < -0.4 is 10.6 Å². The van der Waals surface area contributed by atoms with E-state index >= 15 is 4.39 Å². The fraction of sp³-hybridized carbons (Fsp3) is 0.280. The Hall–Kier alpha value is -4.46. The first-order valence-corrected chi connectivity index (χ1v) is 11.5. The summed E-state index contributed by atoms with van der Waals surface area (Å²) in [4.78, 5) is 28.2. The van der Waals surface area contributed by atoms with Crippen molar-refractivity contribution >= 4 is 39.9 Å². The van der Waals surface area contributed by atoms with E-state index in [0.29, 0.717) is 36.1 Å². The largest absolute Gasteiger partial charge is 0.423 e. The minimum Gasteiger partial charge on any atom is -0.423 e. The molecule has 0 aliphatic carbocycles. The number of nitrogen functional groups attached to an aromatic ring is 1. The number of rotatable bonds is 3. The Morgan fingerprint density at radius 1 is 1.25 bits per heavy atom. The maximum absolute atomic E-state index is 15.2. The third kappa shape index (κ3) is 3.45. The second-order valence-electron chi connectivity index (χ2n) is 8.82. The van der Waals surface area contributed by atoms with E-state index < -0.39 is 17.2 Å². The number of nitrogens with zero attached hydrogens (tertiary/aromatic N) is 6. The summed E-state index contributed by atoms with van der Waals surface area (Å²) in [5.41, 5.74) is 6.66. The number of hydrogen-bond acceptors (Lipinski definition) is 7. The van der Waals surface area contributed by atoms with Gasteiger partial charge in [0.1, 0.15) is 29.1 Å². The number of fused-ring (bicyclic) bond motifs is 2. The van der Waals surface area contributed by atoms with Gasteiger partial charge < -0.3 is 24.5 Å². The molecule has 1 unspecified atom stereocenters. The first-order valence-electron chi connectivity index (χ1n) is 11.5. The summed E-state index contributed by atoms with van der Waals surface area (Å²) in [6.07, 6.45) is 6.07. The van der Waals surface area contributed by atoms with Crippen LogP contribution in [-0.4, -0.2) is 56.5 Å². The molecule has 0 radical (unpaired) electrons. The van der Waals surface area contributed by atoms with E-state index in [1.165, 1.54) is 12.4 Å². The third-order valence-corrected chi connectivity index (χ3v) is 6.70. The van der Waals surface area contributed by atoms with Gasteiger partial charge in [-0.1, -0.05) is 18.4 Å². The van der Waals surface area contributed by atoms with E-state index in [4.69, 9.17) is 10.2 Å². The van der Waals surface area contributed by atoms with E-state index in [1.807, 2.05) is 9.47 Å². The number of carbonyl (C=O) groups excluding carboxylic acids is 1.